The molecule has 1 atom stereocenters. The quantitative estimate of drug-likeness (QED) is 0.901. The summed E-state index contributed by atoms with van der Waals surface area (Å²) < 4.78 is 12.0. The maximum Gasteiger partial charge on any atom is 0.317 e. The standard InChI is InChI=1S/C20H25N3O2S/c1-20(2)8-10-23(11-12-26(20)25)19(24)22-14-16-5-3-6-17(13-16)18-7-4-9-21-15-18/h3-7,9,13,15H,8,10-12,14H2,1-2H3,(H,22,24). The Kier molecular flexibility index (Phi) is 5.71. The van der Waals surface area contributed by atoms with Crippen molar-refractivity contribution in [3.63, 3.8) is 0 Å². The summed E-state index contributed by atoms with van der Waals surface area (Å²) in [5.74, 6) is 0.539. The zero-order chi connectivity index (χ0) is 18.6. The van der Waals surface area contributed by atoms with E-state index in [1.165, 1.54) is 0 Å². The van der Waals surface area contributed by atoms with E-state index in [1.54, 1.807) is 11.1 Å². The molecule has 0 radical (unpaired) electrons. The molecule has 138 valence electrons. The number of hydrogen-bond acceptors (Lipinski definition) is 3. The van der Waals surface area contributed by atoms with E-state index in [0.717, 1.165) is 23.1 Å². The van der Waals surface area contributed by atoms with Crippen LogP contribution in [0.25, 0.3) is 11.1 Å². The van der Waals surface area contributed by atoms with E-state index >= 15 is 0 Å². The minimum Gasteiger partial charge on any atom is -0.334 e. The number of pyridine rings is 1. The molecular formula is C20H25N3O2S. The summed E-state index contributed by atoms with van der Waals surface area (Å²) in [6, 6.07) is 11.9. The summed E-state index contributed by atoms with van der Waals surface area (Å²) >= 11 is 0. The summed E-state index contributed by atoms with van der Waals surface area (Å²) in [4.78, 5) is 18.4. The highest BCUT2D eigenvalue weighted by Crippen LogP contribution is 2.22. The van der Waals surface area contributed by atoms with Crippen LogP contribution < -0.4 is 5.32 Å². The molecule has 1 aliphatic rings. The van der Waals surface area contributed by atoms with Crippen LogP contribution in [0.1, 0.15) is 25.8 Å². The van der Waals surface area contributed by atoms with Crippen LogP contribution in [0.2, 0.25) is 0 Å². The van der Waals surface area contributed by atoms with Crippen molar-refractivity contribution in [2.24, 2.45) is 0 Å². The van der Waals surface area contributed by atoms with Crippen LogP contribution in [0.5, 0.6) is 0 Å². The van der Waals surface area contributed by atoms with E-state index in [4.69, 9.17) is 0 Å². The minimum atomic E-state index is -0.897. The van der Waals surface area contributed by atoms with Gasteiger partial charge in [-0.2, -0.15) is 0 Å². The fraction of sp³-hybridized carbons (Fsp3) is 0.400. The van der Waals surface area contributed by atoms with Gasteiger partial charge in [0.25, 0.3) is 0 Å². The Morgan fingerprint density at radius 3 is 2.81 bits per heavy atom. The second kappa shape index (κ2) is 7.99. The molecule has 26 heavy (non-hydrogen) atoms. The van der Waals surface area contributed by atoms with E-state index in [1.807, 2.05) is 50.4 Å². The van der Waals surface area contributed by atoms with Crippen LogP contribution in [-0.4, -0.2) is 43.7 Å². The first-order chi connectivity index (χ1) is 12.5. The lowest BCUT2D eigenvalue weighted by molar-refractivity contribution is 0.200. The zero-order valence-electron chi connectivity index (χ0n) is 15.3. The number of rotatable bonds is 3. The highest BCUT2D eigenvalue weighted by atomic mass is 32.2. The first-order valence-electron chi connectivity index (χ1n) is 8.86. The largest absolute Gasteiger partial charge is 0.334 e. The third kappa shape index (κ3) is 4.49. The average molecular weight is 372 g/mol. The van der Waals surface area contributed by atoms with Gasteiger partial charge in [0, 0.05) is 53.3 Å². The fourth-order valence-electron chi connectivity index (χ4n) is 2.99. The average Bonchev–Trinajstić information content (AvgIpc) is 2.79. The second-order valence-corrected chi connectivity index (χ2v) is 9.35. The van der Waals surface area contributed by atoms with Crippen molar-refractivity contribution in [2.45, 2.75) is 31.6 Å². The first kappa shape index (κ1) is 18.6. The maximum absolute atomic E-state index is 12.5. The molecular weight excluding hydrogens is 346 g/mol. The van der Waals surface area contributed by atoms with Gasteiger partial charge in [-0.25, -0.2) is 4.79 Å². The molecule has 2 aromatic rings. The van der Waals surface area contributed by atoms with Crippen molar-refractivity contribution in [3.05, 3.63) is 54.4 Å². The van der Waals surface area contributed by atoms with E-state index < -0.39 is 10.8 Å². The number of aromatic nitrogens is 1. The van der Waals surface area contributed by atoms with Crippen molar-refractivity contribution in [3.8, 4) is 11.1 Å². The van der Waals surface area contributed by atoms with E-state index in [2.05, 4.69) is 16.4 Å². The molecule has 1 N–H and O–H groups in total. The molecule has 3 rings (SSSR count). The number of carbonyl (C=O) groups is 1. The van der Waals surface area contributed by atoms with Gasteiger partial charge in [0.05, 0.1) is 0 Å². The zero-order valence-corrected chi connectivity index (χ0v) is 16.1. The number of hydrogen-bond donors (Lipinski definition) is 1. The van der Waals surface area contributed by atoms with Crippen LogP contribution in [0.3, 0.4) is 0 Å². The van der Waals surface area contributed by atoms with Gasteiger partial charge in [0.15, 0.2) is 0 Å². The number of benzene rings is 1. The van der Waals surface area contributed by atoms with Gasteiger partial charge in [-0.15, -0.1) is 0 Å². The Morgan fingerprint density at radius 1 is 1.23 bits per heavy atom. The molecule has 1 aromatic carbocycles. The molecule has 0 saturated carbocycles. The normalized spacial score (nSPS) is 19.6. The number of amides is 2. The molecule has 6 heteroatoms. The van der Waals surface area contributed by atoms with E-state index in [-0.39, 0.29) is 10.8 Å². The van der Waals surface area contributed by atoms with Crippen LogP contribution in [0.4, 0.5) is 4.79 Å². The molecule has 0 spiro atoms. The highest BCUT2D eigenvalue weighted by molar-refractivity contribution is 7.86. The van der Waals surface area contributed by atoms with Crippen LogP contribution in [0.15, 0.2) is 48.8 Å². The molecule has 5 nitrogen and oxygen atoms in total. The van der Waals surface area contributed by atoms with Gasteiger partial charge >= 0.3 is 6.03 Å². The molecule has 0 aliphatic carbocycles. The van der Waals surface area contributed by atoms with Crippen molar-refractivity contribution in [2.75, 3.05) is 18.8 Å². The number of carbonyl (C=O) groups excluding carboxylic acids is 1. The highest BCUT2D eigenvalue weighted by Gasteiger charge is 2.31. The van der Waals surface area contributed by atoms with E-state index in [0.29, 0.717) is 25.4 Å². The molecule has 1 saturated heterocycles. The molecule has 2 amide bonds. The summed E-state index contributed by atoms with van der Waals surface area (Å²) in [5.41, 5.74) is 3.17. The van der Waals surface area contributed by atoms with Crippen molar-refractivity contribution >= 4 is 16.8 Å². The van der Waals surface area contributed by atoms with Crippen molar-refractivity contribution in [1.29, 1.82) is 0 Å². The second-order valence-electron chi connectivity index (χ2n) is 7.15. The van der Waals surface area contributed by atoms with Gasteiger partial charge in [-0.1, -0.05) is 24.3 Å². The lowest BCUT2D eigenvalue weighted by Crippen LogP contribution is -2.41. The number of urea groups is 1. The van der Waals surface area contributed by atoms with Gasteiger partial charge in [0.2, 0.25) is 0 Å². The molecule has 1 aliphatic heterocycles. The van der Waals surface area contributed by atoms with Crippen molar-refractivity contribution in [1.82, 2.24) is 15.2 Å². The predicted octanol–water partition coefficient (Wildman–Crippen LogP) is 3.19. The van der Waals surface area contributed by atoms with E-state index in [9.17, 15) is 9.00 Å². The SMILES string of the molecule is CC1(C)CCN(C(=O)NCc2cccc(-c3cccnc3)c2)CCS1=O. The Morgan fingerprint density at radius 2 is 2.04 bits per heavy atom. The van der Waals surface area contributed by atoms with Crippen LogP contribution >= 0.6 is 0 Å². The maximum atomic E-state index is 12.5. The minimum absolute atomic E-state index is 0.0912. The Hall–Kier alpha value is -2.21. The van der Waals surface area contributed by atoms with Gasteiger partial charge in [0.1, 0.15) is 0 Å². The summed E-state index contributed by atoms with van der Waals surface area (Å²) in [7, 11) is -0.897. The Labute approximate surface area is 157 Å². The lowest BCUT2D eigenvalue weighted by Gasteiger charge is -2.22. The summed E-state index contributed by atoms with van der Waals surface area (Å²) in [5, 5.41) is 2.99. The third-order valence-corrected chi connectivity index (χ3v) is 6.79. The fourth-order valence-corrected chi connectivity index (χ4v) is 4.24. The molecule has 1 aromatic heterocycles. The summed E-state index contributed by atoms with van der Waals surface area (Å²) in [6.45, 7) is 5.66. The van der Waals surface area contributed by atoms with Crippen LogP contribution in [0, 0.1) is 0 Å². The Balaban J connectivity index is 1.61. The Bertz CT molecular complexity index is 793. The molecule has 2 heterocycles. The summed E-state index contributed by atoms with van der Waals surface area (Å²) in [6.07, 6.45) is 4.34. The third-order valence-electron chi connectivity index (χ3n) is 4.80. The van der Waals surface area contributed by atoms with Gasteiger partial charge < -0.3 is 10.2 Å². The molecule has 0 bridgehead atoms. The monoisotopic (exact) mass is 371 g/mol. The van der Waals surface area contributed by atoms with Crippen LogP contribution in [-0.2, 0) is 17.3 Å². The molecule has 1 fully saturated rings. The smallest absolute Gasteiger partial charge is 0.317 e. The van der Waals surface area contributed by atoms with Crippen molar-refractivity contribution < 1.29 is 9.00 Å². The molecule has 1 unspecified atom stereocenters. The number of nitrogens with zero attached hydrogens (tertiary/aromatic N) is 2. The first-order valence-corrected chi connectivity index (χ1v) is 10.2. The predicted molar refractivity (Wildman–Crippen MR) is 105 cm³/mol. The van der Waals surface area contributed by atoms with Gasteiger partial charge in [-0.05, 0) is 49.1 Å². The number of nitrogens with one attached hydrogen (secondary N) is 1. The van der Waals surface area contributed by atoms with Gasteiger partial charge in [-0.3, -0.25) is 9.19 Å². The lowest BCUT2D eigenvalue weighted by atomic mass is 10.0. The topological polar surface area (TPSA) is 62.3 Å².